The van der Waals surface area contributed by atoms with E-state index >= 15 is 0 Å². The van der Waals surface area contributed by atoms with Crippen molar-refractivity contribution < 1.29 is 8.83 Å². The van der Waals surface area contributed by atoms with Crippen molar-refractivity contribution in [1.29, 1.82) is 0 Å². The maximum Gasteiger partial charge on any atom is 0.143 e. The number of aryl methyl sites for hydroxylation is 4. The Kier molecular flexibility index (Phi) is 9.39. The number of nitrogens with zero attached hydrogens (tertiary/aromatic N) is 2. The lowest BCUT2D eigenvalue weighted by Crippen LogP contribution is -2.10. The van der Waals surface area contributed by atoms with Gasteiger partial charge in [-0.15, -0.1) is 0 Å². The molecule has 0 aliphatic rings. The molecule has 0 spiro atoms. The van der Waals surface area contributed by atoms with Crippen molar-refractivity contribution >= 4 is 99.5 Å². The maximum absolute atomic E-state index is 6.78. The van der Waals surface area contributed by atoms with E-state index in [1.165, 1.54) is 33.4 Å². The number of hydrogen-bond donors (Lipinski definition) is 0. The topological polar surface area (TPSA) is 32.8 Å². The van der Waals surface area contributed by atoms with Crippen LogP contribution in [0.15, 0.2) is 167 Å². The molecule has 0 amide bonds. The largest absolute Gasteiger partial charge is 0.455 e. The lowest BCUT2D eigenvalue weighted by Gasteiger charge is -2.27. The van der Waals surface area contributed by atoms with Gasteiger partial charge in [0.15, 0.2) is 0 Å². The van der Waals surface area contributed by atoms with Gasteiger partial charge in [0.1, 0.15) is 22.3 Å². The average molecular weight is 833 g/mol. The lowest BCUT2D eigenvalue weighted by molar-refractivity contribution is 0.660. The minimum Gasteiger partial charge on any atom is -0.455 e. The van der Waals surface area contributed by atoms with E-state index in [4.69, 9.17) is 8.83 Å². The molecule has 11 aromatic rings. The van der Waals surface area contributed by atoms with Gasteiger partial charge in [0, 0.05) is 72.5 Å². The third kappa shape index (κ3) is 6.76. The van der Waals surface area contributed by atoms with E-state index in [0.29, 0.717) is 11.8 Å². The van der Waals surface area contributed by atoms with Gasteiger partial charge in [0.05, 0.1) is 0 Å². The average Bonchev–Trinajstić information content (AvgIpc) is 3.83. The van der Waals surface area contributed by atoms with Gasteiger partial charge in [-0.25, -0.2) is 0 Å². The number of benzene rings is 9. The predicted molar refractivity (Wildman–Crippen MR) is 273 cm³/mol. The first-order valence-electron chi connectivity index (χ1n) is 22.6. The van der Waals surface area contributed by atoms with Crippen LogP contribution in [0.3, 0.4) is 0 Å². The fourth-order valence-electron chi connectivity index (χ4n) is 9.94. The summed E-state index contributed by atoms with van der Waals surface area (Å²) in [7, 11) is 0. The second-order valence-corrected chi connectivity index (χ2v) is 18.6. The molecule has 0 radical (unpaired) electrons. The van der Waals surface area contributed by atoms with E-state index in [2.05, 4.69) is 223 Å². The fourth-order valence-corrected chi connectivity index (χ4v) is 9.94. The second-order valence-electron chi connectivity index (χ2n) is 18.6. The van der Waals surface area contributed by atoms with E-state index in [1.807, 2.05) is 0 Å². The van der Waals surface area contributed by atoms with Crippen LogP contribution in [0.1, 0.15) is 72.9 Å². The Morgan fingerprint density at radius 2 is 0.672 bits per heavy atom. The molecule has 0 saturated heterocycles. The van der Waals surface area contributed by atoms with E-state index in [9.17, 15) is 0 Å². The van der Waals surface area contributed by atoms with E-state index in [0.717, 1.165) is 99.5 Å². The molecule has 314 valence electrons. The number of fused-ring (bicyclic) bond motifs is 10. The summed E-state index contributed by atoms with van der Waals surface area (Å²) in [5.74, 6) is 0.939. The number of hydrogen-bond acceptors (Lipinski definition) is 4. The van der Waals surface area contributed by atoms with Crippen molar-refractivity contribution in [3.63, 3.8) is 0 Å². The van der Waals surface area contributed by atoms with Gasteiger partial charge in [-0.3, -0.25) is 0 Å². The first kappa shape index (κ1) is 39.5. The molecule has 64 heavy (non-hydrogen) atoms. The van der Waals surface area contributed by atoms with Crippen molar-refractivity contribution in [3.8, 4) is 0 Å². The molecule has 0 bridgehead atoms. The van der Waals surface area contributed by atoms with Crippen molar-refractivity contribution in [2.24, 2.45) is 0 Å². The molecule has 0 unspecified atom stereocenters. The fraction of sp³-hybridized carbons (Fsp3) is 0.167. The molecular weight excluding hydrogens is 781 g/mol. The lowest BCUT2D eigenvalue weighted by atomic mass is 10.0. The first-order valence-corrected chi connectivity index (χ1v) is 22.6. The van der Waals surface area contributed by atoms with Gasteiger partial charge < -0.3 is 18.6 Å². The summed E-state index contributed by atoms with van der Waals surface area (Å²) in [4.78, 5) is 4.73. The Balaban J connectivity index is 0.993. The Hall–Kier alpha value is -7.30. The number of furan rings is 2. The summed E-state index contributed by atoms with van der Waals surface area (Å²) < 4.78 is 13.6. The third-order valence-corrected chi connectivity index (χ3v) is 13.1. The van der Waals surface area contributed by atoms with Crippen LogP contribution in [0.2, 0.25) is 0 Å². The zero-order chi connectivity index (χ0) is 44.0. The van der Waals surface area contributed by atoms with E-state index in [1.54, 1.807) is 0 Å². The summed E-state index contributed by atoms with van der Waals surface area (Å²) in [5, 5.41) is 8.79. The monoisotopic (exact) mass is 832 g/mol. The predicted octanol–water partition coefficient (Wildman–Crippen LogP) is 18.2. The molecule has 11 rings (SSSR count). The molecule has 0 saturated carbocycles. The summed E-state index contributed by atoms with van der Waals surface area (Å²) in [5.41, 5.74) is 17.8. The van der Waals surface area contributed by atoms with Gasteiger partial charge in [0.25, 0.3) is 0 Å². The minimum atomic E-state index is 0.469. The molecule has 0 atom stereocenters. The Morgan fingerprint density at radius 3 is 1.05 bits per heavy atom. The molecule has 0 fully saturated rings. The van der Waals surface area contributed by atoms with Gasteiger partial charge in [-0.05, 0) is 187 Å². The second kappa shape index (κ2) is 15.2. The molecule has 4 nitrogen and oxygen atoms in total. The van der Waals surface area contributed by atoms with Crippen LogP contribution in [0.5, 0.6) is 0 Å². The van der Waals surface area contributed by atoms with Crippen LogP contribution in [0, 0.1) is 27.7 Å². The molecule has 9 aromatic carbocycles. The van der Waals surface area contributed by atoms with Crippen LogP contribution >= 0.6 is 0 Å². The van der Waals surface area contributed by atoms with E-state index < -0.39 is 0 Å². The zero-order valence-electron chi connectivity index (χ0n) is 37.9. The van der Waals surface area contributed by atoms with E-state index in [-0.39, 0.29) is 0 Å². The van der Waals surface area contributed by atoms with Crippen LogP contribution in [0.25, 0.3) is 65.4 Å². The Labute approximate surface area is 375 Å². The summed E-state index contributed by atoms with van der Waals surface area (Å²) in [6, 6.07) is 58.2. The van der Waals surface area contributed by atoms with Crippen molar-refractivity contribution in [3.05, 3.63) is 191 Å². The van der Waals surface area contributed by atoms with Gasteiger partial charge in [-0.1, -0.05) is 76.2 Å². The SMILES string of the molecule is Cc1cc(C)cc(N(c2ccc(C(C)C)cc2)c2ccc3c(ccc4c5cc6c(cc5oc34)oc3c4ccc(N(c5ccc(C(C)C)cc5)c5cc(C)cc(C)c5)cc4ccc63)c2)c1. The number of rotatable bonds is 8. The summed E-state index contributed by atoms with van der Waals surface area (Å²) in [6.07, 6.45) is 0. The highest BCUT2D eigenvalue weighted by molar-refractivity contribution is 6.22. The van der Waals surface area contributed by atoms with Crippen LogP contribution in [-0.2, 0) is 0 Å². The molecule has 0 aliphatic heterocycles. The first-order chi connectivity index (χ1) is 30.9. The minimum absolute atomic E-state index is 0.469. The molecule has 0 aliphatic carbocycles. The standard InChI is InChI=1S/C60H52N2O2/c1-35(2)41-9-15-45(16-10-41)61(49-27-37(5)25-38(6)28-49)47-19-23-51-43(31-47)13-21-53-55-33-56-54-22-14-44-32-48(20-24-52(44)60(54)64-58(56)34-57(55)63-59(51)53)62(50-29-39(7)26-40(8)30-50)46-17-11-42(12-18-46)36(3)4/h9-36H,1-8H3. The maximum atomic E-state index is 6.78. The van der Waals surface area contributed by atoms with Crippen molar-refractivity contribution in [2.45, 2.75) is 67.2 Å². The summed E-state index contributed by atoms with van der Waals surface area (Å²) >= 11 is 0. The Bertz CT molecular complexity index is 3330. The molecule has 2 aromatic heterocycles. The smallest absolute Gasteiger partial charge is 0.143 e. The third-order valence-electron chi connectivity index (χ3n) is 13.1. The highest BCUT2D eigenvalue weighted by atomic mass is 16.3. The number of anilines is 6. The normalized spacial score (nSPS) is 12.0. The van der Waals surface area contributed by atoms with Gasteiger partial charge >= 0.3 is 0 Å². The quantitative estimate of drug-likeness (QED) is 0.153. The van der Waals surface area contributed by atoms with Crippen molar-refractivity contribution in [1.82, 2.24) is 0 Å². The molecule has 4 heteroatoms. The molecular formula is C60H52N2O2. The van der Waals surface area contributed by atoms with Gasteiger partial charge in [-0.2, -0.15) is 0 Å². The van der Waals surface area contributed by atoms with Crippen LogP contribution < -0.4 is 9.80 Å². The van der Waals surface area contributed by atoms with Crippen molar-refractivity contribution in [2.75, 3.05) is 9.80 Å². The highest BCUT2D eigenvalue weighted by Gasteiger charge is 2.20. The van der Waals surface area contributed by atoms with Gasteiger partial charge in [0.2, 0.25) is 0 Å². The van der Waals surface area contributed by atoms with Crippen LogP contribution in [0.4, 0.5) is 34.1 Å². The van der Waals surface area contributed by atoms with Crippen LogP contribution in [-0.4, -0.2) is 0 Å². The molecule has 0 N–H and O–H groups in total. The highest BCUT2D eigenvalue weighted by Crippen LogP contribution is 2.44. The Morgan fingerprint density at radius 1 is 0.312 bits per heavy atom. The molecule has 2 heterocycles. The zero-order valence-corrected chi connectivity index (χ0v) is 37.9. The summed E-state index contributed by atoms with van der Waals surface area (Å²) in [6.45, 7) is 17.6.